The van der Waals surface area contributed by atoms with Gasteiger partial charge in [0.1, 0.15) is 5.75 Å². The molecule has 2 aromatic rings. The normalized spacial score (nSPS) is 15.4. The molecule has 1 aliphatic rings. The third kappa shape index (κ3) is 4.32. The van der Waals surface area contributed by atoms with E-state index < -0.39 is 5.60 Å². The van der Waals surface area contributed by atoms with E-state index >= 15 is 0 Å². The van der Waals surface area contributed by atoms with Gasteiger partial charge >= 0.3 is 0 Å². The number of hydrogen-bond acceptors (Lipinski definition) is 4. The first-order valence-corrected chi connectivity index (χ1v) is 9.28. The van der Waals surface area contributed by atoms with Gasteiger partial charge in [-0.15, -0.1) is 0 Å². The van der Waals surface area contributed by atoms with Crippen molar-refractivity contribution in [1.29, 1.82) is 5.26 Å². The van der Waals surface area contributed by atoms with Gasteiger partial charge in [-0.05, 0) is 50.5 Å². The molecule has 1 atom stereocenters. The molecule has 0 bridgehead atoms. The Balaban J connectivity index is 1.79. The fraction of sp³-hybridized carbons (Fsp3) is 0.318. The molecule has 1 heterocycles. The molecule has 6 nitrogen and oxygen atoms in total. The minimum atomic E-state index is -0.994. The molecule has 2 N–H and O–H groups in total. The quantitative estimate of drug-likeness (QED) is 0.746. The molecule has 0 spiro atoms. The number of nitrogens with zero attached hydrogens (tertiary/aromatic N) is 1. The predicted molar refractivity (Wildman–Crippen MR) is 106 cm³/mol. The van der Waals surface area contributed by atoms with Crippen molar-refractivity contribution in [3.8, 4) is 11.8 Å². The van der Waals surface area contributed by atoms with Gasteiger partial charge in [-0.25, -0.2) is 0 Å². The maximum atomic E-state index is 12.9. The van der Waals surface area contributed by atoms with Crippen LogP contribution in [0.3, 0.4) is 0 Å². The molecular weight excluding hydrogens is 354 g/mol. The Morgan fingerprint density at radius 3 is 2.71 bits per heavy atom. The topological polar surface area (TPSA) is 91.2 Å². The molecule has 1 unspecified atom stereocenters. The van der Waals surface area contributed by atoms with Gasteiger partial charge in [-0.3, -0.25) is 9.59 Å². The molecule has 0 radical (unpaired) electrons. The summed E-state index contributed by atoms with van der Waals surface area (Å²) in [5.74, 6) is 0.0174. The Hall–Kier alpha value is -3.33. The highest BCUT2D eigenvalue weighted by Crippen LogP contribution is 2.34. The number of benzene rings is 2. The minimum Gasteiger partial charge on any atom is -0.476 e. The second-order valence-electron chi connectivity index (χ2n) is 7.26. The molecule has 2 aromatic carbocycles. The number of carbonyl (C=O) groups is 2. The maximum absolute atomic E-state index is 12.9. The molecule has 0 aliphatic carbocycles. The molecule has 2 amide bonds. The van der Waals surface area contributed by atoms with Crippen LogP contribution in [0.1, 0.15) is 55.1 Å². The van der Waals surface area contributed by atoms with Crippen molar-refractivity contribution < 1.29 is 14.3 Å². The fourth-order valence-electron chi connectivity index (χ4n) is 3.08. The van der Waals surface area contributed by atoms with Crippen molar-refractivity contribution in [1.82, 2.24) is 5.32 Å². The Morgan fingerprint density at radius 2 is 2.00 bits per heavy atom. The predicted octanol–water partition coefficient (Wildman–Crippen LogP) is 3.96. The van der Waals surface area contributed by atoms with Crippen LogP contribution in [0.4, 0.5) is 5.69 Å². The number of anilines is 1. The van der Waals surface area contributed by atoms with E-state index in [1.165, 1.54) is 0 Å². The zero-order chi connectivity index (χ0) is 20.1. The molecule has 0 aromatic heterocycles. The smallest absolute Gasteiger partial charge is 0.268 e. The molecule has 0 saturated heterocycles. The summed E-state index contributed by atoms with van der Waals surface area (Å²) in [6.07, 6.45) is 1.82. The van der Waals surface area contributed by atoms with Crippen molar-refractivity contribution in [3.05, 3.63) is 59.7 Å². The van der Waals surface area contributed by atoms with Crippen LogP contribution in [0.5, 0.6) is 5.75 Å². The molecule has 0 fully saturated rings. The van der Waals surface area contributed by atoms with Crippen LogP contribution in [-0.4, -0.2) is 17.4 Å². The molecule has 1 aliphatic heterocycles. The third-order valence-electron chi connectivity index (χ3n) is 4.69. The van der Waals surface area contributed by atoms with E-state index in [0.29, 0.717) is 36.3 Å². The largest absolute Gasteiger partial charge is 0.476 e. The average Bonchev–Trinajstić information content (AvgIpc) is 2.68. The Morgan fingerprint density at radius 1 is 1.25 bits per heavy atom. The summed E-state index contributed by atoms with van der Waals surface area (Å²) in [4.78, 5) is 24.8. The van der Waals surface area contributed by atoms with E-state index in [9.17, 15) is 9.59 Å². The van der Waals surface area contributed by atoms with E-state index in [2.05, 4.69) is 16.7 Å². The standard InChI is InChI=1S/C22H23N3O3/c1-22(2)21(27)25-18-12-11-16(14-19(18)28-22)20(26)24-17(10-6-7-13-23)15-8-4-3-5-9-15/h3-5,8-9,11-12,14,17H,6-7,10H2,1-2H3,(H,24,26)(H,25,27). The van der Waals surface area contributed by atoms with Crippen LogP contribution < -0.4 is 15.4 Å². The first-order valence-electron chi connectivity index (χ1n) is 9.28. The van der Waals surface area contributed by atoms with Crippen LogP contribution in [0.15, 0.2) is 48.5 Å². The lowest BCUT2D eigenvalue weighted by Crippen LogP contribution is -2.45. The van der Waals surface area contributed by atoms with Gasteiger partial charge in [0.15, 0.2) is 5.60 Å². The summed E-state index contributed by atoms with van der Waals surface area (Å²) in [5, 5.41) is 14.6. The van der Waals surface area contributed by atoms with E-state index in [1.54, 1.807) is 32.0 Å². The monoisotopic (exact) mass is 377 g/mol. The second-order valence-corrected chi connectivity index (χ2v) is 7.26. The summed E-state index contributed by atoms with van der Waals surface area (Å²) in [5.41, 5.74) is 1.00. The van der Waals surface area contributed by atoms with Crippen molar-refractivity contribution in [2.24, 2.45) is 0 Å². The van der Waals surface area contributed by atoms with Gasteiger partial charge in [0.25, 0.3) is 11.8 Å². The summed E-state index contributed by atoms with van der Waals surface area (Å²) in [6, 6.07) is 16.6. The van der Waals surface area contributed by atoms with Gasteiger partial charge in [0.2, 0.25) is 0 Å². The van der Waals surface area contributed by atoms with Crippen molar-refractivity contribution >= 4 is 17.5 Å². The Kier molecular flexibility index (Phi) is 5.65. The molecule has 28 heavy (non-hydrogen) atoms. The number of nitrogens with one attached hydrogen (secondary N) is 2. The number of hydrogen-bond donors (Lipinski definition) is 2. The van der Waals surface area contributed by atoms with Crippen LogP contribution in [0.2, 0.25) is 0 Å². The maximum Gasteiger partial charge on any atom is 0.268 e. The summed E-state index contributed by atoms with van der Waals surface area (Å²) >= 11 is 0. The number of fused-ring (bicyclic) bond motifs is 1. The highest BCUT2D eigenvalue weighted by atomic mass is 16.5. The van der Waals surface area contributed by atoms with E-state index in [-0.39, 0.29) is 17.9 Å². The highest BCUT2D eigenvalue weighted by Gasteiger charge is 2.35. The molecule has 0 saturated carbocycles. The van der Waals surface area contributed by atoms with Crippen LogP contribution in [0, 0.1) is 11.3 Å². The van der Waals surface area contributed by atoms with Crippen LogP contribution in [-0.2, 0) is 4.79 Å². The molecule has 6 heteroatoms. The van der Waals surface area contributed by atoms with Gasteiger partial charge in [0.05, 0.1) is 17.8 Å². The molecule has 3 rings (SSSR count). The number of amides is 2. The van der Waals surface area contributed by atoms with Crippen LogP contribution in [0.25, 0.3) is 0 Å². The van der Waals surface area contributed by atoms with Crippen molar-refractivity contribution in [3.63, 3.8) is 0 Å². The second kappa shape index (κ2) is 8.13. The third-order valence-corrected chi connectivity index (χ3v) is 4.69. The lowest BCUT2D eigenvalue weighted by Gasteiger charge is -2.31. The van der Waals surface area contributed by atoms with E-state index in [4.69, 9.17) is 10.00 Å². The summed E-state index contributed by atoms with van der Waals surface area (Å²) in [6.45, 7) is 3.36. The number of ether oxygens (including phenoxy) is 1. The highest BCUT2D eigenvalue weighted by molar-refractivity contribution is 6.02. The lowest BCUT2D eigenvalue weighted by molar-refractivity contribution is -0.129. The van der Waals surface area contributed by atoms with Crippen LogP contribution >= 0.6 is 0 Å². The first-order chi connectivity index (χ1) is 13.4. The molecular formula is C22H23N3O3. The minimum absolute atomic E-state index is 0.185. The van der Waals surface area contributed by atoms with Gasteiger partial charge < -0.3 is 15.4 Å². The van der Waals surface area contributed by atoms with Crippen molar-refractivity contribution in [2.45, 2.75) is 44.8 Å². The fourth-order valence-corrected chi connectivity index (χ4v) is 3.08. The van der Waals surface area contributed by atoms with E-state index in [1.807, 2.05) is 30.3 Å². The first kappa shape index (κ1) is 19.4. The average molecular weight is 377 g/mol. The zero-order valence-corrected chi connectivity index (χ0v) is 16.0. The summed E-state index contributed by atoms with van der Waals surface area (Å²) < 4.78 is 5.76. The Labute approximate surface area is 164 Å². The number of unbranched alkanes of at least 4 members (excludes halogenated alkanes) is 1. The van der Waals surface area contributed by atoms with Crippen molar-refractivity contribution in [2.75, 3.05) is 5.32 Å². The van der Waals surface area contributed by atoms with Gasteiger partial charge in [-0.2, -0.15) is 5.26 Å². The van der Waals surface area contributed by atoms with E-state index in [0.717, 1.165) is 5.56 Å². The molecule has 144 valence electrons. The lowest BCUT2D eigenvalue weighted by atomic mass is 10.00. The number of nitriles is 1. The Bertz CT molecular complexity index is 916. The number of carbonyl (C=O) groups excluding carboxylic acids is 2. The summed E-state index contributed by atoms with van der Waals surface area (Å²) in [7, 11) is 0. The van der Waals surface area contributed by atoms with Gasteiger partial charge in [0, 0.05) is 12.0 Å². The SMILES string of the molecule is CC1(C)Oc2cc(C(=O)NC(CCCC#N)c3ccccc3)ccc2NC1=O. The zero-order valence-electron chi connectivity index (χ0n) is 16.0. The number of rotatable bonds is 6. The van der Waals surface area contributed by atoms with Gasteiger partial charge in [-0.1, -0.05) is 30.3 Å².